The molecular weight excluding hydrogens is 266 g/mol. The minimum absolute atomic E-state index is 0.184. The molecule has 1 amide bonds. The molecule has 0 aliphatic heterocycles. The number of benzene rings is 2. The van der Waals surface area contributed by atoms with Crippen molar-refractivity contribution in [1.29, 1.82) is 0 Å². The third kappa shape index (κ3) is 4.18. The van der Waals surface area contributed by atoms with Gasteiger partial charge in [-0.1, -0.05) is 36.4 Å². The number of ether oxygens (including phenoxy) is 1. The SMILES string of the molecule is Cc1ccccc1CC(=O)OCc1ccc(C(N)=O)cc1. The van der Waals surface area contributed by atoms with Crippen molar-refractivity contribution in [3.8, 4) is 0 Å². The quantitative estimate of drug-likeness (QED) is 0.856. The average Bonchev–Trinajstić information content (AvgIpc) is 2.48. The van der Waals surface area contributed by atoms with E-state index in [-0.39, 0.29) is 19.0 Å². The van der Waals surface area contributed by atoms with E-state index in [1.807, 2.05) is 31.2 Å². The number of rotatable bonds is 5. The Morgan fingerprint density at radius 1 is 1.05 bits per heavy atom. The first kappa shape index (κ1) is 14.8. The molecule has 0 aromatic heterocycles. The molecule has 108 valence electrons. The number of hydrogen-bond donors (Lipinski definition) is 1. The van der Waals surface area contributed by atoms with Crippen molar-refractivity contribution in [2.24, 2.45) is 5.73 Å². The van der Waals surface area contributed by atoms with Crippen LogP contribution in [0.2, 0.25) is 0 Å². The Balaban J connectivity index is 1.89. The van der Waals surface area contributed by atoms with Crippen LogP contribution in [-0.2, 0) is 22.6 Å². The molecule has 2 rings (SSSR count). The Bertz CT molecular complexity index is 647. The van der Waals surface area contributed by atoms with Crippen LogP contribution in [0.1, 0.15) is 27.0 Å². The van der Waals surface area contributed by atoms with Gasteiger partial charge in [0, 0.05) is 5.56 Å². The van der Waals surface area contributed by atoms with Gasteiger partial charge in [-0.05, 0) is 35.7 Å². The van der Waals surface area contributed by atoms with E-state index in [2.05, 4.69) is 0 Å². The molecule has 0 heterocycles. The van der Waals surface area contributed by atoms with Gasteiger partial charge in [0.2, 0.25) is 5.91 Å². The van der Waals surface area contributed by atoms with Crippen LogP contribution in [0.3, 0.4) is 0 Å². The van der Waals surface area contributed by atoms with Crippen molar-refractivity contribution in [3.63, 3.8) is 0 Å². The lowest BCUT2D eigenvalue weighted by atomic mass is 10.1. The highest BCUT2D eigenvalue weighted by Gasteiger charge is 2.07. The third-order valence-electron chi connectivity index (χ3n) is 3.23. The average molecular weight is 283 g/mol. The fraction of sp³-hybridized carbons (Fsp3) is 0.176. The Kier molecular flexibility index (Phi) is 4.72. The zero-order chi connectivity index (χ0) is 15.2. The summed E-state index contributed by atoms with van der Waals surface area (Å²) >= 11 is 0. The highest BCUT2D eigenvalue weighted by Crippen LogP contribution is 2.10. The first-order valence-corrected chi connectivity index (χ1v) is 6.65. The predicted octanol–water partition coefficient (Wildman–Crippen LogP) is 2.38. The van der Waals surface area contributed by atoms with Crippen LogP contribution in [-0.4, -0.2) is 11.9 Å². The molecule has 0 unspecified atom stereocenters. The second-order valence-electron chi connectivity index (χ2n) is 4.83. The molecule has 0 saturated carbocycles. The summed E-state index contributed by atoms with van der Waals surface area (Å²) in [4.78, 5) is 22.8. The van der Waals surface area contributed by atoms with E-state index in [0.29, 0.717) is 5.56 Å². The van der Waals surface area contributed by atoms with Crippen LogP contribution < -0.4 is 5.73 Å². The maximum Gasteiger partial charge on any atom is 0.310 e. The minimum atomic E-state index is -0.474. The number of primary amides is 1. The Morgan fingerprint density at radius 3 is 2.33 bits per heavy atom. The van der Waals surface area contributed by atoms with Gasteiger partial charge in [0.05, 0.1) is 6.42 Å². The summed E-state index contributed by atoms with van der Waals surface area (Å²) in [6.45, 7) is 2.15. The number of aryl methyl sites for hydroxylation is 1. The summed E-state index contributed by atoms with van der Waals surface area (Å²) < 4.78 is 5.23. The number of esters is 1. The predicted molar refractivity (Wildman–Crippen MR) is 79.6 cm³/mol. The van der Waals surface area contributed by atoms with Gasteiger partial charge in [0.25, 0.3) is 0 Å². The van der Waals surface area contributed by atoms with Gasteiger partial charge >= 0.3 is 5.97 Å². The second-order valence-corrected chi connectivity index (χ2v) is 4.83. The molecular formula is C17H17NO3. The van der Waals surface area contributed by atoms with Crippen LogP contribution in [0.25, 0.3) is 0 Å². The lowest BCUT2D eigenvalue weighted by molar-refractivity contribution is -0.144. The van der Waals surface area contributed by atoms with Crippen LogP contribution in [0, 0.1) is 6.92 Å². The lowest BCUT2D eigenvalue weighted by Crippen LogP contribution is -2.11. The fourth-order valence-corrected chi connectivity index (χ4v) is 1.94. The molecule has 0 atom stereocenters. The van der Waals surface area contributed by atoms with E-state index in [1.54, 1.807) is 24.3 Å². The number of carbonyl (C=O) groups is 2. The minimum Gasteiger partial charge on any atom is -0.461 e. The molecule has 21 heavy (non-hydrogen) atoms. The topological polar surface area (TPSA) is 69.4 Å². The van der Waals surface area contributed by atoms with Gasteiger partial charge in [0.15, 0.2) is 0 Å². The number of amides is 1. The second kappa shape index (κ2) is 6.70. The summed E-state index contributed by atoms with van der Waals surface area (Å²) in [5, 5.41) is 0. The largest absolute Gasteiger partial charge is 0.461 e. The molecule has 0 aliphatic carbocycles. The van der Waals surface area contributed by atoms with Crippen LogP contribution >= 0.6 is 0 Å². The fourth-order valence-electron chi connectivity index (χ4n) is 1.94. The van der Waals surface area contributed by atoms with Crippen LogP contribution in [0.5, 0.6) is 0 Å². The Labute approximate surface area is 123 Å². The standard InChI is InChI=1S/C17H17NO3/c1-12-4-2-3-5-15(12)10-16(19)21-11-13-6-8-14(9-7-13)17(18)20/h2-9H,10-11H2,1H3,(H2,18,20). The first-order chi connectivity index (χ1) is 10.1. The van der Waals surface area contributed by atoms with Crippen molar-refractivity contribution < 1.29 is 14.3 Å². The van der Waals surface area contributed by atoms with Gasteiger partial charge in [-0.15, -0.1) is 0 Å². The lowest BCUT2D eigenvalue weighted by Gasteiger charge is -2.07. The molecule has 2 N–H and O–H groups in total. The number of hydrogen-bond acceptors (Lipinski definition) is 3. The Hall–Kier alpha value is -2.62. The summed E-state index contributed by atoms with van der Waals surface area (Å²) in [5.41, 5.74) is 8.45. The maximum atomic E-state index is 11.8. The Morgan fingerprint density at radius 2 is 1.71 bits per heavy atom. The number of nitrogens with two attached hydrogens (primary N) is 1. The van der Waals surface area contributed by atoms with Crippen molar-refractivity contribution in [2.75, 3.05) is 0 Å². The van der Waals surface area contributed by atoms with Gasteiger partial charge < -0.3 is 10.5 Å². The van der Waals surface area contributed by atoms with Crippen LogP contribution in [0.15, 0.2) is 48.5 Å². The van der Waals surface area contributed by atoms with Gasteiger partial charge in [-0.3, -0.25) is 9.59 Å². The summed E-state index contributed by atoms with van der Waals surface area (Å²) in [7, 11) is 0. The molecule has 0 bridgehead atoms. The summed E-state index contributed by atoms with van der Waals surface area (Å²) in [6, 6.07) is 14.4. The van der Waals surface area contributed by atoms with E-state index in [1.165, 1.54) is 0 Å². The normalized spacial score (nSPS) is 10.1. The van der Waals surface area contributed by atoms with Crippen molar-refractivity contribution >= 4 is 11.9 Å². The van der Waals surface area contributed by atoms with E-state index in [0.717, 1.165) is 16.7 Å². The molecule has 0 saturated heterocycles. The zero-order valence-electron chi connectivity index (χ0n) is 11.8. The van der Waals surface area contributed by atoms with E-state index in [4.69, 9.17) is 10.5 Å². The molecule has 2 aromatic rings. The van der Waals surface area contributed by atoms with Gasteiger partial charge in [-0.25, -0.2) is 0 Å². The maximum absolute atomic E-state index is 11.8. The highest BCUT2D eigenvalue weighted by atomic mass is 16.5. The van der Waals surface area contributed by atoms with E-state index < -0.39 is 5.91 Å². The molecule has 4 heteroatoms. The van der Waals surface area contributed by atoms with Gasteiger partial charge in [0.1, 0.15) is 6.61 Å². The highest BCUT2D eigenvalue weighted by molar-refractivity contribution is 5.92. The molecule has 0 fully saturated rings. The van der Waals surface area contributed by atoms with Crippen molar-refractivity contribution in [1.82, 2.24) is 0 Å². The van der Waals surface area contributed by atoms with Crippen molar-refractivity contribution in [2.45, 2.75) is 20.0 Å². The molecule has 0 spiro atoms. The van der Waals surface area contributed by atoms with E-state index in [9.17, 15) is 9.59 Å². The van der Waals surface area contributed by atoms with Crippen LogP contribution in [0.4, 0.5) is 0 Å². The zero-order valence-corrected chi connectivity index (χ0v) is 11.8. The van der Waals surface area contributed by atoms with E-state index >= 15 is 0 Å². The molecule has 2 aromatic carbocycles. The molecule has 0 radical (unpaired) electrons. The smallest absolute Gasteiger partial charge is 0.310 e. The summed E-state index contributed by atoms with van der Waals surface area (Å²) in [5.74, 6) is -0.749. The molecule has 4 nitrogen and oxygen atoms in total. The van der Waals surface area contributed by atoms with Gasteiger partial charge in [-0.2, -0.15) is 0 Å². The monoisotopic (exact) mass is 283 g/mol. The molecule has 0 aliphatic rings. The summed E-state index contributed by atoms with van der Waals surface area (Å²) in [6.07, 6.45) is 0.256. The third-order valence-corrected chi connectivity index (χ3v) is 3.23. The first-order valence-electron chi connectivity index (χ1n) is 6.65. The van der Waals surface area contributed by atoms with Crippen molar-refractivity contribution in [3.05, 3.63) is 70.8 Å². The number of carbonyl (C=O) groups excluding carboxylic acids is 2.